The van der Waals surface area contributed by atoms with Gasteiger partial charge in [-0.05, 0) is 12.1 Å². The van der Waals surface area contributed by atoms with E-state index in [1.807, 2.05) is 0 Å². The second-order valence-corrected chi connectivity index (χ2v) is 3.10. The quantitative estimate of drug-likeness (QED) is 0.472. The van der Waals surface area contributed by atoms with Gasteiger partial charge in [0.2, 0.25) is 5.91 Å². The summed E-state index contributed by atoms with van der Waals surface area (Å²) in [6, 6.07) is 4.10. The number of carbonyl (C=O) groups is 2. The van der Waals surface area contributed by atoms with Crippen molar-refractivity contribution in [2.45, 2.75) is 12.2 Å². The van der Waals surface area contributed by atoms with Crippen LogP contribution in [0.15, 0.2) is 18.2 Å². The third-order valence-corrected chi connectivity index (χ3v) is 1.92. The highest BCUT2D eigenvalue weighted by atomic mass is 16.3. The Bertz CT molecular complexity index is 421. The van der Waals surface area contributed by atoms with Gasteiger partial charge in [-0.3, -0.25) is 9.59 Å². The van der Waals surface area contributed by atoms with Crippen molar-refractivity contribution >= 4 is 11.8 Å². The molecule has 16 heavy (non-hydrogen) atoms. The van der Waals surface area contributed by atoms with Crippen LogP contribution in [0.25, 0.3) is 0 Å². The molecule has 1 rings (SSSR count). The molecule has 7 nitrogen and oxygen atoms in total. The molecule has 0 aromatic carbocycles. The number of hydrogen-bond acceptors (Lipinski definition) is 5. The van der Waals surface area contributed by atoms with Crippen LogP contribution in [0, 0.1) is 0 Å². The Morgan fingerprint density at radius 2 is 1.88 bits per heavy atom. The average Bonchev–Trinajstić information content (AvgIpc) is 2.27. The topological polar surface area (TPSA) is 140 Å². The largest absolute Gasteiger partial charge is 0.384 e. The zero-order valence-corrected chi connectivity index (χ0v) is 8.20. The lowest BCUT2D eigenvalue weighted by Crippen LogP contribution is -2.34. The van der Waals surface area contributed by atoms with Crippen molar-refractivity contribution < 1.29 is 19.8 Å². The van der Waals surface area contributed by atoms with Gasteiger partial charge in [0.15, 0.2) is 6.10 Å². The van der Waals surface area contributed by atoms with Gasteiger partial charge in [-0.25, -0.2) is 4.98 Å². The van der Waals surface area contributed by atoms with E-state index in [9.17, 15) is 19.8 Å². The number of aliphatic hydroxyl groups is 2. The molecule has 0 saturated carbocycles. The number of pyridine rings is 1. The maximum absolute atomic E-state index is 10.8. The van der Waals surface area contributed by atoms with Crippen LogP contribution in [0.3, 0.4) is 0 Å². The Balaban J connectivity index is 3.00. The van der Waals surface area contributed by atoms with E-state index in [1.165, 1.54) is 18.2 Å². The fourth-order valence-electron chi connectivity index (χ4n) is 1.07. The van der Waals surface area contributed by atoms with Gasteiger partial charge in [-0.1, -0.05) is 6.07 Å². The lowest BCUT2D eigenvalue weighted by molar-refractivity contribution is -0.132. The summed E-state index contributed by atoms with van der Waals surface area (Å²) in [4.78, 5) is 25.1. The number of amides is 2. The number of rotatable bonds is 4. The van der Waals surface area contributed by atoms with E-state index in [4.69, 9.17) is 11.5 Å². The summed E-state index contributed by atoms with van der Waals surface area (Å²) >= 11 is 0. The highest BCUT2D eigenvalue weighted by molar-refractivity contribution is 5.90. The van der Waals surface area contributed by atoms with E-state index in [1.54, 1.807) is 0 Å². The maximum atomic E-state index is 10.8. The molecule has 0 aliphatic carbocycles. The van der Waals surface area contributed by atoms with Crippen LogP contribution in [0.5, 0.6) is 0 Å². The standard InChI is InChI=1S/C9H11N3O4/c10-8(15)5-3-1-2-4(12-5)6(13)7(14)9(11)16/h1-3,6-7,13-14H,(H2,10,15)(H2,11,16). The molecule has 6 N–H and O–H groups in total. The van der Waals surface area contributed by atoms with Crippen LogP contribution in [0.4, 0.5) is 0 Å². The van der Waals surface area contributed by atoms with Gasteiger partial charge in [0.05, 0.1) is 5.69 Å². The molecule has 0 aliphatic rings. The molecule has 1 aromatic heterocycles. The Morgan fingerprint density at radius 3 is 2.38 bits per heavy atom. The Labute approximate surface area is 90.7 Å². The van der Waals surface area contributed by atoms with E-state index in [0.29, 0.717) is 0 Å². The van der Waals surface area contributed by atoms with Gasteiger partial charge in [0.25, 0.3) is 5.91 Å². The number of hydrogen-bond donors (Lipinski definition) is 4. The minimum Gasteiger partial charge on any atom is -0.384 e. The predicted molar refractivity (Wildman–Crippen MR) is 52.9 cm³/mol. The summed E-state index contributed by atoms with van der Waals surface area (Å²) in [7, 11) is 0. The molecule has 2 amide bonds. The second kappa shape index (κ2) is 4.69. The molecular formula is C9H11N3O4. The van der Waals surface area contributed by atoms with Gasteiger partial charge in [0, 0.05) is 0 Å². The summed E-state index contributed by atoms with van der Waals surface area (Å²) in [5.41, 5.74) is 9.66. The number of nitrogens with two attached hydrogens (primary N) is 2. The van der Waals surface area contributed by atoms with Gasteiger partial charge < -0.3 is 21.7 Å². The molecule has 0 fully saturated rings. The number of nitrogens with zero attached hydrogens (tertiary/aromatic N) is 1. The monoisotopic (exact) mass is 225 g/mol. The van der Waals surface area contributed by atoms with Crippen LogP contribution in [0.2, 0.25) is 0 Å². The molecule has 0 saturated heterocycles. The van der Waals surface area contributed by atoms with E-state index in [-0.39, 0.29) is 11.4 Å². The molecule has 86 valence electrons. The minimum absolute atomic E-state index is 0.0531. The predicted octanol–water partition coefficient (Wildman–Crippen LogP) is -1.94. The van der Waals surface area contributed by atoms with Crippen LogP contribution in [0.1, 0.15) is 22.3 Å². The maximum Gasteiger partial charge on any atom is 0.267 e. The third-order valence-electron chi connectivity index (χ3n) is 1.92. The minimum atomic E-state index is -1.78. The SMILES string of the molecule is NC(=O)c1cccc(C(O)C(O)C(N)=O)n1. The first kappa shape index (κ1) is 12.1. The molecule has 0 aliphatic heterocycles. The zero-order chi connectivity index (χ0) is 12.3. The number of carbonyl (C=O) groups excluding carboxylic acids is 2. The molecule has 2 unspecified atom stereocenters. The summed E-state index contributed by atoms with van der Waals surface area (Å²) < 4.78 is 0. The highest BCUT2D eigenvalue weighted by Crippen LogP contribution is 2.14. The van der Waals surface area contributed by atoms with Crippen molar-refractivity contribution in [3.05, 3.63) is 29.6 Å². The summed E-state index contributed by atoms with van der Waals surface area (Å²) in [5, 5.41) is 18.7. The van der Waals surface area contributed by atoms with Gasteiger partial charge in [0.1, 0.15) is 11.8 Å². The molecule has 2 atom stereocenters. The summed E-state index contributed by atoms with van der Waals surface area (Å²) in [5.74, 6) is -1.86. The fourth-order valence-corrected chi connectivity index (χ4v) is 1.07. The number of aliphatic hydroxyl groups excluding tert-OH is 2. The molecule has 0 bridgehead atoms. The van der Waals surface area contributed by atoms with Crippen LogP contribution in [-0.4, -0.2) is 33.1 Å². The van der Waals surface area contributed by atoms with Crippen LogP contribution >= 0.6 is 0 Å². The van der Waals surface area contributed by atoms with Crippen molar-refractivity contribution in [1.82, 2.24) is 4.98 Å². The van der Waals surface area contributed by atoms with Gasteiger partial charge in [-0.2, -0.15) is 0 Å². The average molecular weight is 225 g/mol. The highest BCUT2D eigenvalue weighted by Gasteiger charge is 2.24. The number of primary amides is 2. The summed E-state index contributed by atoms with van der Waals surface area (Å²) in [6.45, 7) is 0. The molecule has 0 spiro atoms. The number of aromatic nitrogens is 1. The van der Waals surface area contributed by atoms with E-state index in [2.05, 4.69) is 4.98 Å². The van der Waals surface area contributed by atoms with Crippen LogP contribution in [-0.2, 0) is 4.79 Å². The first-order valence-corrected chi connectivity index (χ1v) is 4.35. The van der Waals surface area contributed by atoms with E-state index in [0.717, 1.165) is 0 Å². The molecule has 1 heterocycles. The van der Waals surface area contributed by atoms with Crippen molar-refractivity contribution in [3.8, 4) is 0 Å². The zero-order valence-electron chi connectivity index (χ0n) is 8.20. The first-order chi connectivity index (χ1) is 7.43. The summed E-state index contributed by atoms with van der Waals surface area (Å²) in [6.07, 6.45) is -3.37. The molecule has 7 heteroatoms. The molecule has 0 radical (unpaired) electrons. The van der Waals surface area contributed by atoms with Crippen LogP contribution < -0.4 is 11.5 Å². The third kappa shape index (κ3) is 2.53. The molecular weight excluding hydrogens is 214 g/mol. The lowest BCUT2D eigenvalue weighted by Gasteiger charge is -2.14. The van der Waals surface area contributed by atoms with Crippen molar-refractivity contribution in [1.29, 1.82) is 0 Å². The Morgan fingerprint density at radius 1 is 1.25 bits per heavy atom. The smallest absolute Gasteiger partial charge is 0.267 e. The van der Waals surface area contributed by atoms with E-state index < -0.39 is 24.0 Å². The van der Waals surface area contributed by atoms with Crippen molar-refractivity contribution in [2.24, 2.45) is 11.5 Å². The van der Waals surface area contributed by atoms with Gasteiger partial charge in [-0.15, -0.1) is 0 Å². The lowest BCUT2D eigenvalue weighted by atomic mass is 10.1. The first-order valence-electron chi connectivity index (χ1n) is 4.35. The Hall–Kier alpha value is -1.99. The van der Waals surface area contributed by atoms with Gasteiger partial charge >= 0.3 is 0 Å². The Kier molecular flexibility index (Phi) is 3.54. The normalized spacial score (nSPS) is 14.1. The van der Waals surface area contributed by atoms with Crippen molar-refractivity contribution in [2.75, 3.05) is 0 Å². The van der Waals surface area contributed by atoms with E-state index >= 15 is 0 Å². The fraction of sp³-hybridized carbons (Fsp3) is 0.222. The molecule has 1 aromatic rings. The second-order valence-electron chi connectivity index (χ2n) is 3.10. The van der Waals surface area contributed by atoms with Crippen molar-refractivity contribution in [3.63, 3.8) is 0 Å².